The molecule has 8 nitrogen and oxygen atoms in total. The van der Waals surface area contributed by atoms with Gasteiger partial charge in [0.25, 0.3) is 11.1 Å². The van der Waals surface area contributed by atoms with E-state index in [-0.39, 0.29) is 30.0 Å². The van der Waals surface area contributed by atoms with Crippen LogP contribution in [-0.2, 0) is 9.59 Å². The summed E-state index contributed by atoms with van der Waals surface area (Å²) in [6.07, 6.45) is 1.21. The average Bonchev–Trinajstić information content (AvgIpc) is 3.02. The summed E-state index contributed by atoms with van der Waals surface area (Å²) in [7, 11) is 0. The molecule has 178 valence electrons. The molecule has 1 fully saturated rings. The molecule has 4 N–H and O–H groups in total. The first kappa shape index (κ1) is 25.5. The van der Waals surface area contributed by atoms with Gasteiger partial charge in [0.2, 0.25) is 5.91 Å². The molecule has 34 heavy (non-hydrogen) atoms. The molecule has 0 aromatic heterocycles. The third kappa shape index (κ3) is 6.49. The highest BCUT2D eigenvalue weighted by molar-refractivity contribution is 8.18. The minimum absolute atomic E-state index is 0.0353. The highest BCUT2D eigenvalue weighted by atomic mass is 35.5. The molecular weight excluding hydrogens is 506 g/mol. The van der Waals surface area contributed by atoms with Crippen molar-refractivity contribution in [2.45, 2.75) is 12.5 Å². The monoisotopic (exact) mass is 524 g/mol. The molecule has 0 aliphatic carbocycles. The Bertz CT molecular complexity index is 1180. The van der Waals surface area contributed by atoms with Gasteiger partial charge in [-0.25, -0.2) is 9.18 Å². The maximum atomic E-state index is 14.1. The van der Waals surface area contributed by atoms with E-state index in [9.17, 15) is 23.6 Å². The van der Waals surface area contributed by atoms with Crippen LogP contribution in [-0.4, -0.2) is 41.1 Å². The lowest BCUT2D eigenvalue weighted by Gasteiger charge is -2.19. The number of carbonyl (C=O) groups excluding carboxylic acids is 4. The summed E-state index contributed by atoms with van der Waals surface area (Å²) in [6, 6.07) is 8.55. The van der Waals surface area contributed by atoms with E-state index in [1.807, 2.05) is 0 Å². The second kappa shape index (κ2) is 11.4. The highest BCUT2D eigenvalue weighted by Crippen LogP contribution is 2.33. The Morgan fingerprint density at radius 1 is 1.18 bits per heavy atom. The maximum Gasteiger partial charge on any atom is 0.312 e. The van der Waals surface area contributed by atoms with Crippen molar-refractivity contribution in [2.75, 3.05) is 13.1 Å². The van der Waals surface area contributed by atoms with Crippen LogP contribution in [0, 0.1) is 5.82 Å². The summed E-state index contributed by atoms with van der Waals surface area (Å²) in [5.74, 6) is -1.65. The fraction of sp³-hybridized carbons (Fsp3) is 0.182. The molecule has 0 saturated carbocycles. The number of carbonyl (C=O) groups is 4. The van der Waals surface area contributed by atoms with Gasteiger partial charge in [0, 0.05) is 28.7 Å². The number of nitrogens with zero attached hydrogens (tertiary/aromatic N) is 1. The number of nitrogens with two attached hydrogens (primary N) is 1. The molecule has 0 spiro atoms. The van der Waals surface area contributed by atoms with Gasteiger partial charge < -0.3 is 16.4 Å². The van der Waals surface area contributed by atoms with Crippen LogP contribution in [0.2, 0.25) is 10.0 Å². The van der Waals surface area contributed by atoms with E-state index >= 15 is 0 Å². The smallest absolute Gasteiger partial charge is 0.312 e. The normalized spacial score (nSPS) is 15.5. The lowest BCUT2D eigenvalue weighted by molar-refractivity contribution is -0.124. The van der Waals surface area contributed by atoms with Crippen molar-refractivity contribution in [3.8, 4) is 0 Å². The molecule has 1 atom stereocenters. The minimum atomic E-state index is -0.983. The summed E-state index contributed by atoms with van der Waals surface area (Å²) in [6.45, 7) is -0.109. The van der Waals surface area contributed by atoms with Crippen LogP contribution in [0.4, 0.5) is 14.0 Å². The van der Waals surface area contributed by atoms with Crippen molar-refractivity contribution in [3.63, 3.8) is 0 Å². The summed E-state index contributed by atoms with van der Waals surface area (Å²) >= 11 is 12.7. The Labute approximate surface area is 208 Å². The fourth-order valence-corrected chi connectivity index (χ4v) is 4.50. The lowest BCUT2D eigenvalue weighted by Crippen LogP contribution is -2.40. The van der Waals surface area contributed by atoms with Gasteiger partial charge in [-0.3, -0.25) is 19.3 Å². The predicted octanol–water partition coefficient (Wildman–Crippen LogP) is 4.08. The van der Waals surface area contributed by atoms with Crippen molar-refractivity contribution in [3.05, 3.63) is 74.4 Å². The Kier molecular flexibility index (Phi) is 8.54. The maximum absolute atomic E-state index is 14.1. The fourth-order valence-electron chi connectivity index (χ4n) is 3.19. The molecule has 5 amide bonds. The second-order valence-electron chi connectivity index (χ2n) is 7.14. The molecule has 0 bridgehead atoms. The number of amides is 5. The molecule has 0 radical (unpaired) electrons. The van der Waals surface area contributed by atoms with Gasteiger partial charge in [-0.1, -0.05) is 47.5 Å². The van der Waals surface area contributed by atoms with Gasteiger partial charge in [-0.15, -0.1) is 0 Å². The number of urea groups is 1. The number of primary amides is 1. The highest BCUT2D eigenvalue weighted by Gasteiger charge is 2.34. The Hall–Kier alpha value is -3.08. The van der Waals surface area contributed by atoms with E-state index in [1.165, 1.54) is 30.3 Å². The van der Waals surface area contributed by atoms with Crippen LogP contribution in [0.1, 0.15) is 23.6 Å². The zero-order valence-corrected chi connectivity index (χ0v) is 19.8. The van der Waals surface area contributed by atoms with Crippen LogP contribution >= 0.6 is 35.0 Å². The van der Waals surface area contributed by atoms with Crippen molar-refractivity contribution in [2.24, 2.45) is 5.73 Å². The number of halogens is 3. The summed E-state index contributed by atoms with van der Waals surface area (Å²) in [5, 5.41) is 5.18. The molecular formula is C22H19Cl2FN4O4S. The average molecular weight is 525 g/mol. The molecule has 1 unspecified atom stereocenters. The number of thioether (sulfide) groups is 1. The van der Waals surface area contributed by atoms with Crippen LogP contribution in [0.15, 0.2) is 47.4 Å². The number of hydrogen-bond donors (Lipinski definition) is 3. The van der Waals surface area contributed by atoms with Crippen LogP contribution in [0.5, 0.6) is 0 Å². The van der Waals surface area contributed by atoms with E-state index in [0.29, 0.717) is 15.6 Å². The number of hydrogen-bond acceptors (Lipinski definition) is 5. The van der Waals surface area contributed by atoms with Gasteiger partial charge in [0.1, 0.15) is 5.82 Å². The van der Waals surface area contributed by atoms with Gasteiger partial charge in [0.05, 0.1) is 17.4 Å². The van der Waals surface area contributed by atoms with Crippen molar-refractivity contribution in [1.82, 2.24) is 15.5 Å². The van der Waals surface area contributed by atoms with Gasteiger partial charge in [-0.2, -0.15) is 0 Å². The molecule has 1 aliphatic rings. The predicted molar refractivity (Wildman–Crippen MR) is 129 cm³/mol. The zero-order chi connectivity index (χ0) is 24.8. The molecule has 12 heteroatoms. The van der Waals surface area contributed by atoms with E-state index in [0.717, 1.165) is 16.7 Å². The molecule has 1 saturated heterocycles. The molecule has 3 rings (SSSR count). The van der Waals surface area contributed by atoms with Crippen LogP contribution in [0.25, 0.3) is 6.08 Å². The number of rotatable bonds is 8. The van der Waals surface area contributed by atoms with Gasteiger partial charge >= 0.3 is 6.03 Å². The molecule has 1 aliphatic heterocycles. The van der Waals surface area contributed by atoms with E-state index < -0.39 is 34.9 Å². The third-order valence-corrected chi connectivity index (χ3v) is 6.24. The topological polar surface area (TPSA) is 122 Å². The molecule has 1 heterocycles. The van der Waals surface area contributed by atoms with Crippen molar-refractivity contribution in [1.29, 1.82) is 0 Å². The SMILES string of the molecule is NC(=O)NC(CC(=O)NCCN1C(=O)S/C(=C/c2ccc(Cl)cc2Cl)C1=O)c1ccccc1F. The first-order chi connectivity index (χ1) is 16.2. The summed E-state index contributed by atoms with van der Waals surface area (Å²) in [5.41, 5.74) is 5.78. The quantitative estimate of drug-likeness (QED) is 0.449. The first-order valence-electron chi connectivity index (χ1n) is 9.93. The van der Waals surface area contributed by atoms with Crippen molar-refractivity contribution < 1.29 is 23.6 Å². The van der Waals surface area contributed by atoms with E-state index in [4.69, 9.17) is 28.9 Å². The standard InChI is InChI=1S/C22H19Cl2FN4O4S/c23-13-6-5-12(15(24)10-13)9-18-20(31)29(22(33)34-18)8-7-27-19(30)11-17(28-21(26)32)14-3-1-2-4-16(14)25/h1-6,9-10,17H,7-8,11H2,(H,27,30)(H3,26,28,32)/b18-9+. The van der Waals surface area contributed by atoms with Gasteiger partial charge in [-0.05, 0) is 41.6 Å². The summed E-state index contributed by atoms with van der Waals surface area (Å²) < 4.78 is 14.1. The summed E-state index contributed by atoms with van der Waals surface area (Å²) in [4.78, 5) is 49.7. The zero-order valence-electron chi connectivity index (χ0n) is 17.5. The van der Waals surface area contributed by atoms with Crippen LogP contribution in [0.3, 0.4) is 0 Å². The van der Waals surface area contributed by atoms with Crippen molar-refractivity contribution >= 4 is 64.1 Å². The van der Waals surface area contributed by atoms with Gasteiger partial charge in [0.15, 0.2) is 0 Å². The first-order valence-corrected chi connectivity index (χ1v) is 11.5. The van der Waals surface area contributed by atoms with E-state index in [1.54, 1.807) is 18.2 Å². The number of imide groups is 1. The van der Waals surface area contributed by atoms with E-state index in [2.05, 4.69) is 10.6 Å². The number of nitrogens with one attached hydrogen (secondary N) is 2. The third-order valence-electron chi connectivity index (χ3n) is 4.77. The van der Waals surface area contributed by atoms with Crippen LogP contribution < -0.4 is 16.4 Å². The second-order valence-corrected chi connectivity index (χ2v) is 8.97. The largest absolute Gasteiger partial charge is 0.354 e. The Balaban J connectivity index is 1.58. The lowest BCUT2D eigenvalue weighted by atomic mass is 10.0. The Morgan fingerprint density at radius 3 is 2.59 bits per heavy atom. The minimum Gasteiger partial charge on any atom is -0.354 e. The molecule has 2 aromatic carbocycles. The number of benzene rings is 2. The molecule has 2 aromatic rings. The Morgan fingerprint density at radius 2 is 1.91 bits per heavy atom.